The molecule has 0 spiro atoms. The van der Waals surface area contributed by atoms with Crippen molar-refractivity contribution in [3.63, 3.8) is 0 Å². The Labute approximate surface area is 210 Å². The Bertz CT molecular complexity index is 1230. The summed E-state index contributed by atoms with van der Waals surface area (Å²) < 4.78 is 5.60. The Morgan fingerprint density at radius 1 is 0.972 bits per heavy atom. The molecule has 4 aliphatic rings. The largest absolute Gasteiger partial charge is 0.493 e. The van der Waals surface area contributed by atoms with Gasteiger partial charge in [0.2, 0.25) is 11.8 Å². The van der Waals surface area contributed by atoms with Gasteiger partial charge >= 0.3 is 0 Å². The van der Waals surface area contributed by atoms with Crippen LogP contribution < -0.4 is 15.2 Å². The molecule has 2 unspecified atom stereocenters. The first-order valence-electron chi connectivity index (χ1n) is 12.7. The second-order valence-corrected chi connectivity index (χ2v) is 9.96. The van der Waals surface area contributed by atoms with E-state index in [0.717, 1.165) is 38.4 Å². The third kappa shape index (κ3) is 4.26. The van der Waals surface area contributed by atoms with Crippen LogP contribution in [0.15, 0.2) is 54.6 Å². The van der Waals surface area contributed by atoms with Crippen molar-refractivity contribution in [2.45, 2.75) is 25.8 Å². The van der Waals surface area contributed by atoms with Crippen molar-refractivity contribution in [3.05, 3.63) is 71.3 Å². The number of allylic oxidation sites excluding steroid dienone is 2. The predicted octanol–water partition coefficient (Wildman–Crippen LogP) is 2.54. The molecular formula is C28H30N4O4. The molecule has 2 atom stereocenters. The highest BCUT2D eigenvalue weighted by molar-refractivity contribution is 6.05. The number of benzene rings is 2. The van der Waals surface area contributed by atoms with E-state index in [1.54, 1.807) is 24.3 Å². The zero-order valence-electron chi connectivity index (χ0n) is 20.2. The molecule has 8 heteroatoms. The summed E-state index contributed by atoms with van der Waals surface area (Å²) >= 11 is 0. The maximum atomic E-state index is 13.3. The van der Waals surface area contributed by atoms with Gasteiger partial charge in [-0.1, -0.05) is 30.4 Å². The van der Waals surface area contributed by atoms with Crippen LogP contribution in [0.25, 0.3) is 0 Å². The molecule has 0 bridgehead atoms. The molecule has 2 aromatic rings. The number of piperazine rings is 1. The third-order valence-electron chi connectivity index (χ3n) is 7.70. The molecule has 0 radical (unpaired) electrons. The summed E-state index contributed by atoms with van der Waals surface area (Å²) in [4.78, 5) is 43.3. The third-order valence-corrected chi connectivity index (χ3v) is 7.70. The van der Waals surface area contributed by atoms with Gasteiger partial charge in [-0.05, 0) is 48.2 Å². The molecule has 1 N–H and O–H groups in total. The van der Waals surface area contributed by atoms with Crippen molar-refractivity contribution in [3.8, 4) is 5.75 Å². The lowest BCUT2D eigenvalue weighted by Crippen LogP contribution is -2.59. The summed E-state index contributed by atoms with van der Waals surface area (Å²) in [5, 5.41) is 1.32. The van der Waals surface area contributed by atoms with E-state index in [-0.39, 0.29) is 29.6 Å². The first kappa shape index (κ1) is 22.8. The van der Waals surface area contributed by atoms with Crippen LogP contribution in [-0.4, -0.2) is 60.3 Å². The number of nitrogens with zero attached hydrogens (tertiary/aromatic N) is 3. The Hall–Kier alpha value is -3.65. The SMILES string of the molecule is O=C1NN(c2cccc(C(=O)N3CCN(Cc4ccc5c(c4)CCO5)CC3)c2)C(=O)C2CC=CCC12. The van der Waals surface area contributed by atoms with E-state index in [1.807, 2.05) is 17.1 Å². The highest BCUT2D eigenvalue weighted by atomic mass is 16.5. The van der Waals surface area contributed by atoms with Crippen molar-refractivity contribution in [2.75, 3.05) is 37.8 Å². The number of hydrogen-bond acceptors (Lipinski definition) is 5. The molecule has 0 aromatic heterocycles. The summed E-state index contributed by atoms with van der Waals surface area (Å²) in [6.07, 6.45) is 6.05. The van der Waals surface area contributed by atoms with E-state index in [4.69, 9.17) is 4.74 Å². The van der Waals surface area contributed by atoms with E-state index in [0.29, 0.717) is 37.2 Å². The van der Waals surface area contributed by atoms with Gasteiger partial charge in [0.25, 0.3) is 5.91 Å². The number of ether oxygens (including phenoxy) is 1. The van der Waals surface area contributed by atoms with Gasteiger partial charge in [-0.3, -0.25) is 24.7 Å². The van der Waals surface area contributed by atoms with Gasteiger partial charge in [0.1, 0.15) is 5.75 Å². The summed E-state index contributed by atoms with van der Waals surface area (Å²) in [5.74, 6) is 0.00501. The number of amides is 3. The van der Waals surface area contributed by atoms with Gasteiger partial charge in [0.05, 0.1) is 24.1 Å². The fourth-order valence-electron chi connectivity index (χ4n) is 5.65. The van der Waals surface area contributed by atoms with Gasteiger partial charge in [0, 0.05) is 44.7 Å². The summed E-state index contributed by atoms with van der Waals surface area (Å²) in [6, 6.07) is 13.4. The van der Waals surface area contributed by atoms with Crippen LogP contribution in [0.4, 0.5) is 5.69 Å². The Kier molecular flexibility index (Phi) is 5.97. The number of hydrogen-bond donors (Lipinski definition) is 1. The number of rotatable bonds is 4. The quantitative estimate of drug-likeness (QED) is 0.672. The highest BCUT2D eigenvalue weighted by Crippen LogP contribution is 2.32. The second kappa shape index (κ2) is 9.43. The topological polar surface area (TPSA) is 82.2 Å². The molecule has 36 heavy (non-hydrogen) atoms. The highest BCUT2D eigenvalue weighted by Gasteiger charge is 2.42. The van der Waals surface area contributed by atoms with Crippen LogP contribution >= 0.6 is 0 Å². The number of nitrogens with one attached hydrogen (secondary N) is 1. The van der Waals surface area contributed by atoms with Gasteiger partial charge in [-0.25, -0.2) is 5.01 Å². The van der Waals surface area contributed by atoms with Crippen molar-refractivity contribution >= 4 is 23.4 Å². The molecule has 3 amide bonds. The first-order valence-corrected chi connectivity index (χ1v) is 12.7. The molecule has 186 valence electrons. The normalized spacial score (nSPS) is 23.7. The molecule has 8 nitrogen and oxygen atoms in total. The number of fused-ring (bicyclic) bond motifs is 2. The molecule has 2 aromatic carbocycles. The first-order chi connectivity index (χ1) is 17.6. The molecule has 2 fully saturated rings. The maximum absolute atomic E-state index is 13.3. The van der Waals surface area contributed by atoms with E-state index < -0.39 is 0 Å². The predicted molar refractivity (Wildman–Crippen MR) is 134 cm³/mol. The van der Waals surface area contributed by atoms with E-state index in [2.05, 4.69) is 28.5 Å². The van der Waals surface area contributed by atoms with Gasteiger partial charge in [-0.15, -0.1) is 0 Å². The smallest absolute Gasteiger partial charge is 0.254 e. The zero-order valence-corrected chi connectivity index (χ0v) is 20.2. The molecular weight excluding hydrogens is 456 g/mol. The van der Waals surface area contributed by atoms with Gasteiger partial charge in [0.15, 0.2) is 0 Å². The Morgan fingerprint density at radius 2 is 1.78 bits per heavy atom. The van der Waals surface area contributed by atoms with Crippen LogP contribution in [0.5, 0.6) is 5.75 Å². The summed E-state index contributed by atoms with van der Waals surface area (Å²) in [6.45, 7) is 4.52. The number of carbonyl (C=O) groups excluding carboxylic acids is 3. The minimum atomic E-state index is -0.352. The Morgan fingerprint density at radius 3 is 2.61 bits per heavy atom. The lowest BCUT2D eigenvalue weighted by Gasteiger charge is -2.38. The molecule has 3 heterocycles. The molecule has 1 aliphatic carbocycles. The van der Waals surface area contributed by atoms with E-state index in [9.17, 15) is 14.4 Å². The lowest BCUT2D eigenvalue weighted by molar-refractivity contribution is -0.139. The fourth-order valence-corrected chi connectivity index (χ4v) is 5.65. The maximum Gasteiger partial charge on any atom is 0.254 e. The number of hydrazine groups is 1. The van der Waals surface area contributed by atoms with Crippen molar-refractivity contribution in [1.82, 2.24) is 15.2 Å². The summed E-state index contributed by atoms with van der Waals surface area (Å²) in [7, 11) is 0. The number of anilines is 1. The minimum Gasteiger partial charge on any atom is -0.493 e. The Balaban J connectivity index is 1.09. The van der Waals surface area contributed by atoms with Crippen LogP contribution in [0.3, 0.4) is 0 Å². The molecule has 2 saturated heterocycles. The van der Waals surface area contributed by atoms with Gasteiger partial charge in [-0.2, -0.15) is 0 Å². The summed E-state index contributed by atoms with van der Waals surface area (Å²) in [5.41, 5.74) is 6.34. The average Bonchev–Trinajstić information content (AvgIpc) is 3.39. The van der Waals surface area contributed by atoms with E-state index >= 15 is 0 Å². The van der Waals surface area contributed by atoms with Crippen molar-refractivity contribution in [2.24, 2.45) is 11.8 Å². The average molecular weight is 487 g/mol. The second-order valence-electron chi connectivity index (χ2n) is 9.96. The van der Waals surface area contributed by atoms with E-state index in [1.165, 1.54) is 16.1 Å². The lowest BCUT2D eigenvalue weighted by atomic mass is 9.80. The van der Waals surface area contributed by atoms with Crippen molar-refractivity contribution < 1.29 is 19.1 Å². The standard InChI is InChI=1S/C28H30N4O4/c33-26-23-6-1-2-7-24(23)28(35)32(29-26)22-5-3-4-21(17-22)27(34)31-13-11-30(12-14-31)18-19-8-9-25-20(16-19)10-15-36-25/h1-5,8-9,16-17,23-24H,6-7,10-15,18H2,(H,29,33). The monoisotopic (exact) mass is 486 g/mol. The van der Waals surface area contributed by atoms with Gasteiger partial charge < -0.3 is 9.64 Å². The van der Waals surface area contributed by atoms with Crippen LogP contribution in [0.1, 0.15) is 34.3 Å². The molecule has 6 rings (SSSR count). The van der Waals surface area contributed by atoms with Crippen LogP contribution in [0, 0.1) is 11.8 Å². The van der Waals surface area contributed by atoms with Crippen molar-refractivity contribution in [1.29, 1.82) is 0 Å². The zero-order chi connectivity index (χ0) is 24.6. The fraction of sp³-hybridized carbons (Fsp3) is 0.393. The van der Waals surface area contributed by atoms with Crippen LogP contribution in [-0.2, 0) is 22.6 Å². The minimum absolute atomic E-state index is 0.0551. The molecule has 0 saturated carbocycles. The molecule has 3 aliphatic heterocycles. The number of carbonyl (C=O) groups is 3. The van der Waals surface area contributed by atoms with Crippen LogP contribution in [0.2, 0.25) is 0 Å².